The minimum absolute atomic E-state index is 0.415. The van der Waals surface area contributed by atoms with Gasteiger partial charge in [-0.25, -0.2) is 4.79 Å². The van der Waals surface area contributed by atoms with Crippen molar-refractivity contribution in [1.82, 2.24) is 9.97 Å². The predicted octanol–water partition coefficient (Wildman–Crippen LogP) is 4.88. The number of ether oxygens (including phenoxy) is 1. The molecule has 0 spiro atoms. The van der Waals surface area contributed by atoms with E-state index in [2.05, 4.69) is 9.97 Å². The maximum atomic E-state index is 11.9. The van der Waals surface area contributed by atoms with Crippen molar-refractivity contribution in [2.45, 2.75) is 0 Å². The highest BCUT2D eigenvalue weighted by Gasteiger charge is 2.01. The molecule has 0 saturated heterocycles. The molecular formula is C21H16N2O2. The molecule has 0 bridgehead atoms. The number of benzene rings is 2. The number of para-hydroxylation sites is 2. The average molecular weight is 328 g/mol. The highest BCUT2D eigenvalue weighted by molar-refractivity contribution is 5.94. The van der Waals surface area contributed by atoms with Crippen LogP contribution in [0.3, 0.4) is 0 Å². The van der Waals surface area contributed by atoms with Crippen molar-refractivity contribution < 1.29 is 9.53 Å². The maximum Gasteiger partial charge on any atom is 0.335 e. The number of nitrogens with one attached hydrogen (secondary N) is 2. The van der Waals surface area contributed by atoms with Gasteiger partial charge in [0.15, 0.2) is 0 Å². The zero-order valence-electron chi connectivity index (χ0n) is 13.4. The van der Waals surface area contributed by atoms with Gasteiger partial charge < -0.3 is 14.7 Å². The van der Waals surface area contributed by atoms with Crippen LogP contribution in [0.5, 0.6) is 0 Å². The quantitative estimate of drug-likeness (QED) is 0.319. The fourth-order valence-corrected chi connectivity index (χ4v) is 2.84. The molecule has 0 aliphatic rings. The van der Waals surface area contributed by atoms with Crippen molar-refractivity contribution in [3.05, 3.63) is 84.4 Å². The van der Waals surface area contributed by atoms with E-state index in [1.807, 2.05) is 60.9 Å². The first-order valence-electron chi connectivity index (χ1n) is 7.99. The lowest BCUT2D eigenvalue weighted by Gasteiger charge is -1.94. The molecule has 2 aromatic carbocycles. The highest BCUT2D eigenvalue weighted by Crippen LogP contribution is 2.20. The third-order valence-electron chi connectivity index (χ3n) is 4.07. The van der Waals surface area contributed by atoms with Gasteiger partial charge in [-0.15, -0.1) is 0 Å². The summed E-state index contributed by atoms with van der Waals surface area (Å²) in [6.07, 6.45) is 10.1. The molecule has 0 unspecified atom stereocenters. The third-order valence-corrected chi connectivity index (χ3v) is 4.07. The van der Waals surface area contributed by atoms with Crippen molar-refractivity contribution in [3.8, 4) is 0 Å². The molecule has 25 heavy (non-hydrogen) atoms. The van der Waals surface area contributed by atoms with Crippen molar-refractivity contribution in [3.63, 3.8) is 0 Å². The average Bonchev–Trinajstić information content (AvgIpc) is 3.24. The van der Waals surface area contributed by atoms with Gasteiger partial charge in [0.1, 0.15) is 0 Å². The lowest BCUT2D eigenvalue weighted by atomic mass is 10.1. The second-order valence-corrected chi connectivity index (χ2v) is 5.65. The number of carbonyl (C=O) groups excluding carboxylic acids is 1. The van der Waals surface area contributed by atoms with Gasteiger partial charge in [-0.05, 0) is 24.3 Å². The van der Waals surface area contributed by atoms with Gasteiger partial charge >= 0.3 is 5.97 Å². The highest BCUT2D eigenvalue weighted by atomic mass is 16.5. The Morgan fingerprint density at radius 1 is 0.800 bits per heavy atom. The fraction of sp³-hybridized carbons (Fsp3) is 0. The van der Waals surface area contributed by atoms with Gasteiger partial charge in [-0.1, -0.05) is 36.4 Å². The third kappa shape index (κ3) is 3.10. The van der Waals surface area contributed by atoms with Crippen LogP contribution in [0.4, 0.5) is 0 Å². The zero-order chi connectivity index (χ0) is 17.1. The van der Waals surface area contributed by atoms with Crippen LogP contribution in [0.2, 0.25) is 0 Å². The minimum atomic E-state index is -0.415. The Morgan fingerprint density at radius 3 is 2.00 bits per heavy atom. The van der Waals surface area contributed by atoms with Crippen molar-refractivity contribution in [1.29, 1.82) is 0 Å². The smallest absolute Gasteiger partial charge is 0.335 e. The largest absolute Gasteiger partial charge is 0.431 e. The van der Waals surface area contributed by atoms with Crippen LogP contribution in [0, 0.1) is 0 Å². The predicted molar refractivity (Wildman–Crippen MR) is 101 cm³/mol. The van der Waals surface area contributed by atoms with Crippen LogP contribution in [-0.4, -0.2) is 15.9 Å². The summed E-state index contributed by atoms with van der Waals surface area (Å²) in [6.45, 7) is 0. The Kier molecular flexibility index (Phi) is 3.92. The number of aromatic amines is 2. The number of fused-ring (bicyclic) bond motifs is 2. The normalized spacial score (nSPS) is 11.8. The summed E-state index contributed by atoms with van der Waals surface area (Å²) in [5.74, 6) is -0.415. The fourth-order valence-electron chi connectivity index (χ4n) is 2.84. The number of H-pyrrole nitrogens is 2. The molecular weight excluding hydrogens is 312 g/mol. The van der Waals surface area contributed by atoms with Gasteiger partial charge in [0.2, 0.25) is 0 Å². The van der Waals surface area contributed by atoms with Crippen LogP contribution in [0.25, 0.3) is 34.0 Å². The van der Waals surface area contributed by atoms with Crippen LogP contribution in [0.1, 0.15) is 11.1 Å². The molecule has 0 aliphatic carbocycles. The monoisotopic (exact) mass is 328 g/mol. The topological polar surface area (TPSA) is 57.9 Å². The summed E-state index contributed by atoms with van der Waals surface area (Å²) < 4.78 is 5.14. The number of hydrogen-bond acceptors (Lipinski definition) is 2. The van der Waals surface area contributed by atoms with Crippen molar-refractivity contribution >= 4 is 39.9 Å². The first-order chi connectivity index (χ1) is 12.3. The zero-order valence-corrected chi connectivity index (χ0v) is 13.4. The first-order valence-corrected chi connectivity index (χ1v) is 7.99. The van der Waals surface area contributed by atoms with E-state index in [-0.39, 0.29) is 0 Å². The van der Waals surface area contributed by atoms with E-state index >= 15 is 0 Å². The molecule has 4 rings (SSSR count). The lowest BCUT2D eigenvalue weighted by Crippen LogP contribution is -1.92. The Hall–Kier alpha value is -3.53. The van der Waals surface area contributed by atoms with Gasteiger partial charge in [-0.3, -0.25) is 0 Å². The summed E-state index contributed by atoms with van der Waals surface area (Å²) in [4.78, 5) is 18.2. The first kappa shape index (κ1) is 15.0. The molecule has 2 N–H and O–H groups in total. The molecule has 0 saturated carbocycles. The molecule has 4 heteroatoms. The van der Waals surface area contributed by atoms with Gasteiger partial charge in [0.25, 0.3) is 0 Å². The van der Waals surface area contributed by atoms with Gasteiger partial charge in [0.05, 0.1) is 6.26 Å². The summed E-state index contributed by atoms with van der Waals surface area (Å²) in [5.41, 5.74) is 4.01. The number of hydrogen-bond donors (Lipinski definition) is 2. The van der Waals surface area contributed by atoms with Crippen molar-refractivity contribution in [2.24, 2.45) is 0 Å². The maximum absolute atomic E-state index is 11.9. The van der Waals surface area contributed by atoms with E-state index in [4.69, 9.17) is 4.74 Å². The molecule has 0 radical (unpaired) electrons. The molecule has 0 fully saturated rings. The number of aromatic nitrogens is 2. The van der Waals surface area contributed by atoms with E-state index in [1.165, 1.54) is 12.3 Å². The van der Waals surface area contributed by atoms with E-state index in [9.17, 15) is 4.79 Å². The second-order valence-electron chi connectivity index (χ2n) is 5.65. The Bertz CT molecular complexity index is 1100. The Balaban J connectivity index is 1.44. The van der Waals surface area contributed by atoms with Crippen molar-refractivity contribution in [2.75, 3.05) is 0 Å². The van der Waals surface area contributed by atoms with Crippen LogP contribution < -0.4 is 0 Å². The molecule has 2 aromatic heterocycles. The molecule has 2 heterocycles. The Morgan fingerprint density at radius 2 is 1.36 bits per heavy atom. The summed E-state index contributed by atoms with van der Waals surface area (Å²) in [6, 6.07) is 15.9. The van der Waals surface area contributed by atoms with E-state index in [0.29, 0.717) is 0 Å². The number of esters is 1. The molecule has 122 valence electrons. The summed E-state index contributed by atoms with van der Waals surface area (Å²) in [7, 11) is 0. The lowest BCUT2D eigenvalue weighted by molar-refractivity contribution is -0.132. The minimum Gasteiger partial charge on any atom is -0.431 e. The molecule has 4 aromatic rings. The van der Waals surface area contributed by atoms with E-state index < -0.39 is 5.97 Å². The molecule has 0 aliphatic heterocycles. The second kappa shape index (κ2) is 6.53. The molecule has 0 amide bonds. The standard InChI is InChI=1S/C21H16N2O2/c24-21(10-9-15-13-22-19-7-3-1-5-17(15)19)25-12-11-16-14-23-20-8-4-2-6-18(16)20/h1-14,22-23H. The SMILES string of the molecule is O=C(C=Cc1c[nH]c2ccccc12)OC=Cc1c[nH]c2ccccc12. The number of carbonyl (C=O) groups is 1. The van der Waals surface area contributed by atoms with Crippen LogP contribution in [-0.2, 0) is 9.53 Å². The number of rotatable bonds is 4. The van der Waals surface area contributed by atoms with Gasteiger partial charge in [-0.2, -0.15) is 0 Å². The van der Waals surface area contributed by atoms with Crippen LogP contribution in [0.15, 0.2) is 73.3 Å². The summed E-state index contributed by atoms with van der Waals surface area (Å²) in [5, 5.41) is 2.16. The molecule has 0 atom stereocenters. The van der Waals surface area contributed by atoms with E-state index in [1.54, 1.807) is 12.2 Å². The summed E-state index contributed by atoms with van der Waals surface area (Å²) >= 11 is 0. The van der Waals surface area contributed by atoms with Gasteiger partial charge in [0, 0.05) is 51.4 Å². The Labute approximate surface area is 144 Å². The molecule has 4 nitrogen and oxygen atoms in total. The van der Waals surface area contributed by atoms with E-state index in [0.717, 1.165) is 32.9 Å². The van der Waals surface area contributed by atoms with Crippen LogP contribution >= 0.6 is 0 Å².